The third-order valence-electron chi connectivity index (χ3n) is 4.38. The first-order chi connectivity index (χ1) is 11.8. The number of piperazine rings is 1. The predicted molar refractivity (Wildman–Crippen MR) is 99.9 cm³/mol. The van der Waals surface area contributed by atoms with Gasteiger partial charge in [-0.1, -0.05) is 26.0 Å². The molecule has 0 aliphatic carbocycles. The van der Waals surface area contributed by atoms with Gasteiger partial charge < -0.3 is 5.32 Å². The van der Waals surface area contributed by atoms with Crippen LogP contribution < -0.4 is 5.32 Å². The van der Waals surface area contributed by atoms with E-state index in [0.717, 1.165) is 25.2 Å². The average molecular weight is 368 g/mol. The summed E-state index contributed by atoms with van der Waals surface area (Å²) in [6.07, 6.45) is 0. The van der Waals surface area contributed by atoms with Crippen LogP contribution in [0.1, 0.15) is 36.7 Å². The van der Waals surface area contributed by atoms with Crippen LogP contribution in [0.15, 0.2) is 24.3 Å². The van der Waals surface area contributed by atoms with Crippen LogP contribution in [0.2, 0.25) is 0 Å². The third kappa shape index (κ3) is 5.80. The zero-order valence-electron chi connectivity index (χ0n) is 15.4. The summed E-state index contributed by atoms with van der Waals surface area (Å²) in [4.78, 5) is 14.3. The SMILES string of the molecule is CCS(=O)(=O)N1CCN(Cc2ccc(C(=O)NCC(C)C)cc2)CC1. The summed E-state index contributed by atoms with van der Waals surface area (Å²) >= 11 is 0. The van der Waals surface area contributed by atoms with Crippen LogP contribution in [0.5, 0.6) is 0 Å². The first kappa shape index (κ1) is 19.9. The third-order valence-corrected chi connectivity index (χ3v) is 6.26. The lowest BCUT2D eigenvalue weighted by Gasteiger charge is -2.33. The number of benzene rings is 1. The first-order valence-corrected chi connectivity index (χ1v) is 10.5. The second-order valence-electron chi connectivity index (χ2n) is 6.88. The molecule has 0 spiro atoms. The Morgan fingerprint density at radius 1 is 1.12 bits per heavy atom. The van der Waals surface area contributed by atoms with Gasteiger partial charge in [0.1, 0.15) is 0 Å². The molecule has 0 aromatic heterocycles. The molecule has 1 fully saturated rings. The van der Waals surface area contributed by atoms with Gasteiger partial charge in [0, 0.05) is 44.8 Å². The minimum absolute atomic E-state index is 0.0429. The molecule has 1 saturated heterocycles. The Labute approximate surface area is 151 Å². The van der Waals surface area contributed by atoms with E-state index >= 15 is 0 Å². The fraction of sp³-hybridized carbons (Fsp3) is 0.611. The lowest BCUT2D eigenvalue weighted by molar-refractivity contribution is 0.0949. The van der Waals surface area contributed by atoms with E-state index in [4.69, 9.17) is 0 Å². The number of amides is 1. The molecule has 1 aromatic carbocycles. The van der Waals surface area contributed by atoms with E-state index in [2.05, 4.69) is 24.1 Å². The summed E-state index contributed by atoms with van der Waals surface area (Å²) in [5.74, 6) is 0.546. The molecule has 1 N–H and O–H groups in total. The number of carbonyl (C=O) groups is 1. The average Bonchev–Trinajstić information content (AvgIpc) is 2.60. The van der Waals surface area contributed by atoms with E-state index in [1.165, 1.54) is 0 Å². The second kappa shape index (κ2) is 8.78. The monoisotopic (exact) mass is 367 g/mol. The van der Waals surface area contributed by atoms with Crippen LogP contribution in [0.3, 0.4) is 0 Å². The summed E-state index contributed by atoms with van der Waals surface area (Å²) in [5.41, 5.74) is 1.80. The van der Waals surface area contributed by atoms with Crippen molar-refractivity contribution in [3.8, 4) is 0 Å². The lowest BCUT2D eigenvalue weighted by atomic mass is 10.1. The molecule has 1 amide bonds. The van der Waals surface area contributed by atoms with Crippen molar-refractivity contribution in [2.24, 2.45) is 5.92 Å². The standard InChI is InChI=1S/C18H29N3O3S/c1-4-25(23,24)21-11-9-20(10-12-21)14-16-5-7-17(8-6-16)18(22)19-13-15(2)3/h5-8,15H,4,9-14H2,1-3H3,(H,19,22). The number of hydrogen-bond acceptors (Lipinski definition) is 4. The molecule has 2 rings (SSSR count). The highest BCUT2D eigenvalue weighted by molar-refractivity contribution is 7.89. The fourth-order valence-corrected chi connectivity index (χ4v) is 3.85. The van der Waals surface area contributed by atoms with Gasteiger partial charge in [-0.2, -0.15) is 4.31 Å². The quantitative estimate of drug-likeness (QED) is 0.794. The normalized spacial score (nSPS) is 17.0. The molecule has 1 aliphatic heterocycles. The smallest absolute Gasteiger partial charge is 0.251 e. The Balaban J connectivity index is 1.85. The molecule has 1 aromatic rings. The van der Waals surface area contributed by atoms with Crippen molar-refractivity contribution in [3.05, 3.63) is 35.4 Å². The zero-order valence-corrected chi connectivity index (χ0v) is 16.2. The van der Waals surface area contributed by atoms with Crippen molar-refractivity contribution in [2.75, 3.05) is 38.5 Å². The topological polar surface area (TPSA) is 69.7 Å². The first-order valence-electron chi connectivity index (χ1n) is 8.89. The molecule has 7 heteroatoms. The molecule has 25 heavy (non-hydrogen) atoms. The van der Waals surface area contributed by atoms with E-state index < -0.39 is 10.0 Å². The Kier molecular flexibility index (Phi) is 6.98. The maximum Gasteiger partial charge on any atom is 0.251 e. The molecule has 0 unspecified atom stereocenters. The van der Waals surface area contributed by atoms with E-state index in [1.54, 1.807) is 11.2 Å². The number of nitrogens with zero attached hydrogens (tertiary/aromatic N) is 2. The Hall–Kier alpha value is -1.44. The van der Waals surface area contributed by atoms with Gasteiger partial charge in [-0.15, -0.1) is 0 Å². The van der Waals surface area contributed by atoms with Crippen LogP contribution in [0, 0.1) is 5.92 Å². The summed E-state index contributed by atoms with van der Waals surface area (Å²) in [6, 6.07) is 7.64. The van der Waals surface area contributed by atoms with Crippen molar-refractivity contribution in [1.29, 1.82) is 0 Å². The Bertz CT molecular complexity index is 663. The number of sulfonamides is 1. The van der Waals surface area contributed by atoms with Crippen LogP contribution >= 0.6 is 0 Å². The number of hydrogen-bond donors (Lipinski definition) is 1. The lowest BCUT2D eigenvalue weighted by Crippen LogP contribution is -2.48. The van der Waals surface area contributed by atoms with Gasteiger partial charge in [0.05, 0.1) is 5.75 Å². The maximum atomic E-state index is 12.0. The van der Waals surface area contributed by atoms with Crippen LogP contribution in [0.25, 0.3) is 0 Å². The summed E-state index contributed by atoms with van der Waals surface area (Å²) in [5, 5.41) is 2.91. The number of nitrogens with one attached hydrogen (secondary N) is 1. The minimum atomic E-state index is -3.08. The molecular weight excluding hydrogens is 338 g/mol. The van der Waals surface area contributed by atoms with E-state index in [1.807, 2.05) is 24.3 Å². The highest BCUT2D eigenvalue weighted by atomic mass is 32.2. The van der Waals surface area contributed by atoms with Crippen LogP contribution in [-0.2, 0) is 16.6 Å². The van der Waals surface area contributed by atoms with Crippen LogP contribution in [-0.4, -0.2) is 62.0 Å². The number of rotatable bonds is 7. The molecule has 0 bridgehead atoms. The van der Waals surface area contributed by atoms with Gasteiger partial charge in [-0.3, -0.25) is 9.69 Å². The number of carbonyl (C=O) groups excluding carboxylic acids is 1. The molecule has 1 aliphatic rings. The molecule has 6 nitrogen and oxygen atoms in total. The van der Waals surface area contributed by atoms with Crippen molar-refractivity contribution < 1.29 is 13.2 Å². The molecular formula is C18H29N3O3S. The van der Waals surface area contributed by atoms with Gasteiger partial charge in [0.15, 0.2) is 0 Å². The van der Waals surface area contributed by atoms with Gasteiger partial charge in [-0.05, 0) is 30.5 Å². The zero-order chi connectivity index (χ0) is 18.4. The van der Waals surface area contributed by atoms with Crippen molar-refractivity contribution in [1.82, 2.24) is 14.5 Å². The maximum absolute atomic E-state index is 12.0. The molecule has 1 heterocycles. The Morgan fingerprint density at radius 2 is 1.72 bits per heavy atom. The van der Waals surface area contributed by atoms with E-state index in [0.29, 0.717) is 31.1 Å². The fourth-order valence-electron chi connectivity index (χ4n) is 2.77. The second-order valence-corrected chi connectivity index (χ2v) is 9.13. The summed E-state index contributed by atoms with van der Waals surface area (Å²) in [7, 11) is -3.08. The van der Waals surface area contributed by atoms with Gasteiger partial charge in [0.2, 0.25) is 10.0 Å². The summed E-state index contributed by atoms with van der Waals surface area (Å²) in [6.45, 7) is 9.81. The molecule has 0 radical (unpaired) electrons. The highest BCUT2D eigenvalue weighted by Gasteiger charge is 2.25. The molecule has 0 atom stereocenters. The molecule has 140 valence electrons. The van der Waals surface area contributed by atoms with E-state index in [9.17, 15) is 13.2 Å². The van der Waals surface area contributed by atoms with Crippen molar-refractivity contribution >= 4 is 15.9 Å². The molecule has 0 saturated carbocycles. The van der Waals surface area contributed by atoms with Crippen molar-refractivity contribution in [3.63, 3.8) is 0 Å². The predicted octanol–water partition coefficient (Wildman–Crippen LogP) is 1.54. The van der Waals surface area contributed by atoms with Gasteiger partial charge in [0.25, 0.3) is 5.91 Å². The van der Waals surface area contributed by atoms with E-state index in [-0.39, 0.29) is 11.7 Å². The van der Waals surface area contributed by atoms with Gasteiger partial charge in [-0.25, -0.2) is 8.42 Å². The minimum Gasteiger partial charge on any atom is -0.352 e. The largest absolute Gasteiger partial charge is 0.352 e. The summed E-state index contributed by atoms with van der Waals surface area (Å²) < 4.78 is 25.3. The highest BCUT2D eigenvalue weighted by Crippen LogP contribution is 2.12. The van der Waals surface area contributed by atoms with Crippen LogP contribution in [0.4, 0.5) is 0 Å². The Morgan fingerprint density at radius 3 is 2.24 bits per heavy atom. The van der Waals surface area contributed by atoms with Gasteiger partial charge >= 0.3 is 0 Å². The van der Waals surface area contributed by atoms with Crippen molar-refractivity contribution in [2.45, 2.75) is 27.3 Å².